The van der Waals surface area contributed by atoms with E-state index in [0.29, 0.717) is 24.6 Å². The zero-order valence-corrected chi connectivity index (χ0v) is 12.7. The normalized spacial score (nSPS) is 19.8. The molecule has 0 amide bonds. The minimum Gasteiger partial charge on any atom is -0.497 e. The number of nitrogens with one attached hydrogen (secondary N) is 1. The van der Waals surface area contributed by atoms with Crippen molar-refractivity contribution in [2.24, 2.45) is 0 Å². The Morgan fingerprint density at radius 2 is 1.82 bits per heavy atom. The molecular formula is C15H21F3N2O2. The molecule has 1 N–H and O–H groups in total. The zero-order chi connectivity index (χ0) is 16.2. The first-order valence-corrected chi connectivity index (χ1v) is 7.18. The van der Waals surface area contributed by atoms with Crippen LogP contribution in [0, 0.1) is 0 Å². The number of anilines is 1. The van der Waals surface area contributed by atoms with E-state index in [9.17, 15) is 13.2 Å². The van der Waals surface area contributed by atoms with Crippen molar-refractivity contribution in [2.45, 2.75) is 25.1 Å². The molecule has 1 atom stereocenters. The molecule has 1 heterocycles. The van der Waals surface area contributed by atoms with Gasteiger partial charge in [-0.2, -0.15) is 13.2 Å². The molecule has 1 unspecified atom stereocenters. The van der Waals surface area contributed by atoms with Gasteiger partial charge >= 0.3 is 6.18 Å². The van der Waals surface area contributed by atoms with E-state index in [-0.39, 0.29) is 6.04 Å². The number of nitrogens with zero attached hydrogens (tertiary/aromatic N) is 1. The lowest BCUT2D eigenvalue weighted by atomic mass is 10.1. The minimum atomic E-state index is -4.15. The quantitative estimate of drug-likeness (QED) is 0.904. The van der Waals surface area contributed by atoms with Crippen molar-refractivity contribution in [3.63, 3.8) is 0 Å². The van der Waals surface area contributed by atoms with Crippen molar-refractivity contribution in [1.82, 2.24) is 4.90 Å². The van der Waals surface area contributed by atoms with E-state index < -0.39 is 12.7 Å². The van der Waals surface area contributed by atoms with Crippen LogP contribution in [0.4, 0.5) is 18.9 Å². The third-order valence-electron chi connectivity index (χ3n) is 3.63. The topological polar surface area (TPSA) is 33.7 Å². The lowest BCUT2D eigenvalue weighted by Gasteiger charge is -2.34. The van der Waals surface area contributed by atoms with Crippen LogP contribution < -0.4 is 14.8 Å². The highest BCUT2D eigenvalue weighted by atomic mass is 19.4. The smallest absolute Gasteiger partial charge is 0.401 e. The molecular weight excluding hydrogens is 297 g/mol. The lowest BCUT2D eigenvalue weighted by molar-refractivity contribution is -0.147. The maximum atomic E-state index is 12.5. The standard InChI is InChI=1S/C15H21F3N2O2/c1-21-13-6-12(7-14(8-13)22-2)19-11-4-3-5-20(9-11)10-15(16,17)18/h6-8,11,19H,3-5,9-10H2,1-2H3. The van der Waals surface area contributed by atoms with E-state index >= 15 is 0 Å². The van der Waals surface area contributed by atoms with Gasteiger partial charge in [0.1, 0.15) is 11.5 Å². The van der Waals surface area contributed by atoms with E-state index in [4.69, 9.17) is 9.47 Å². The van der Waals surface area contributed by atoms with Gasteiger partial charge in [-0.05, 0) is 19.4 Å². The average Bonchev–Trinajstić information content (AvgIpc) is 2.45. The second-order valence-corrected chi connectivity index (χ2v) is 5.44. The van der Waals surface area contributed by atoms with Crippen molar-refractivity contribution in [3.05, 3.63) is 18.2 Å². The molecule has 1 fully saturated rings. The predicted octanol–water partition coefficient (Wildman–Crippen LogP) is 3.14. The van der Waals surface area contributed by atoms with E-state index in [1.807, 2.05) is 12.1 Å². The molecule has 0 bridgehead atoms. The number of methoxy groups -OCH3 is 2. The Kier molecular flexibility index (Phi) is 5.39. The first-order chi connectivity index (χ1) is 10.4. The van der Waals surface area contributed by atoms with Crippen LogP contribution in [0.2, 0.25) is 0 Å². The largest absolute Gasteiger partial charge is 0.497 e. The van der Waals surface area contributed by atoms with Crippen LogP contribution in [0.15, 0.2) is 18.2 Å². The van der Waals surface area contributed by atoms with Gasteiger partial charge in [-0.3, -0.25) is 4.90 Å². The maximum absolute atomic E-state index is 12.5. The van der Waals surface area contributed by atoms with E-state index in [1.165, 1.54) is 4.90 Å². The highest BCUT2D eigenvalue weighted by Gasteiger charge is 2.33. The van der Waals surface area contributed by atoms with Gasteiger partial charge in [0.2, 0.25) is 0 Å². The molecule has 0 spiro atoms. The van der Waals surface area contributed by atoms with Crippen molar-refractivity contribution in [3.8, 4) is 11.5 Å². The summed E-state index contributed by atoms with van der Waals surface area (Å²) < 4.78 is 47.9. The fraction of sp³-hybridized carbons (Fsp3) is 0.600. The molecule has 1 aromatic rings. The summed E-state index contributed by atoms with van der Waals surface area (Å²) in [6, 6.07) is 5.35. The summed E-state index contributed by atoms with van der Waals surface area (Å²) in [5, 5.41) is 3.28. The molecule has 22 heavy (non-hydrogen) atoms. The van der Waals surface area contributed by atoms with Crippen LogP contribution in [0.5, 0.6) is 11.5 Å². The van der Waals surface area contributed by atoms with E-state index in [2.05, 4.69) is 5.32 Å². The summed E-state index contributed by atoms with van der Waals surface area (Å²) >= 11 is 0. The summed E-state index contributed by atoms with van der Waals surface area (Å²) in [4.78, 5) is 1.44. The van der Waals surface area contributed by atoms with Crippen molar-refractivity contribution < 1.29 is 22.6 Å². The molecule has 124 valence electrons. The Morgan fingerprint density at radius 1 is 1.18 bits per heavy atom. The number of benzene rings is 1. The summed E-state index contributed by atoms with van der Waals surface area (Å²) in [6.07, 6.45) is -2.57. The highest BCUT2D eigenvalue weighted by Crippen LogP contribution is 2.27. The molecule has 1 aliphatic heterocycles. The van der Waals surface area contributed by atoms with Crippen LogP contribution >= 0.6 is 0 Å². The summed E-state index contributed by atoms with van der Waals surface area (Å²) in [5.41, 5.74) is 0.787. The molecule has 4 nitrogen and oxygen atoms in total. The second kappa shape index (κ2) is 7.09. The molecule has 0 aliphatic carbocycles. The van der Waals surface area contributed by atoms with Gasteiger partial charge in [0.05, 0.1) is 20.8 Å². The number of likely N-dealkylation sites (tertiary alicyclic amines) is 1. The molecule has 1 aliphatic rings. The Hall–Kier alpha value is -1.63. The number of rotatable bonds is 5. The number of hydrogen-bond acceptors (Lipinski definition) is 4. The Morgan fingerprint density at radius 3 is 2.36 bits per heavy atom. The molecule has 2 rings (SSSR count). The molecule has 0 radical (unpaired) electrons. The van der Waals surface area contributed by atoms with Gasteiger partial charge < -0.3 is 14.8 Å². The van der Waals surface area contributed by atoms with Crippen molar-refractivity contribution in [1.29, 1.82) is 0 Å². The van der Waals surface area contributed by atoms with Crippen molar-refractivity contribution >= 4 is 5.69 Å². The molecule has 0 saturated carbocycles. The van der Waals surface area contributed by atoms with Crippen molar-refractivity contribution in [2.75, 3.05) is 39.2 Å². The third kappa shape index (κ3) is 4.98. The number of hydrogen-bond donors (Lipinski definition) is 1. The van der Waals surface area contributed by atoms with Gasteiger partial charge in [0.15, 0.2) is 0 Å². The Bertz CT molecular complexity index is 472. The SMILES string of the molecule is COc1cc(NC2CCCN(CC(F)(F)F)C2)cc(OC)c1. The van der Waals surface area contributed by atoms with Crippen LogP contribution in [0.25, 0.3) is 0 Å². The lowest BCUT2D eigenvalue weighted by Crippen LogP contribution is -2.45. The Labute approximate surface area is 128 Å². The molecule has 0 aromatic heterocycles. The van der Waals surface area contributed by atoms with Gasteiger partial charge in [-0.1, -0.05) is 0 Å². The first-order valence-electron chi connectivity index (χ1n) is 7.18. The average molecular weight is 318 g/mol. The van der Waals surface area contributed by atoms with Crippen LogP contribution in [0.1, 0.15) is 12.8 Å². The molecule has 1 aromatic carbocycles. The third-order valence-corrected chi connectivity index (χ3v) is 3.63. The van der Waals surface area contributed by atoms with Gasteiger partial charge in [0.25, 0.3) is 0 Å². The maximum Gasteiger partial charge on any atom is 0.401 e. The first kappa shape index (κ1) is 16.7. The fourth-order valence-corrected chi connectivity index (χ4v) is 2.70. The molecule has 7 heteroatoms. The predicted molar refractivity (Wildman–Crippen MR) is 78.7 cm³/mol. The number of alkyl halides is 3. The highest BCUT2D eigenvalue weighted by molar-refractivity contribution is 5.54. The second-order valence-electron chi connectivity index (χ2n) is 5.44. The summed E-state index contributed by atoms with van der Waals surface area (Å²) in [7, 11) is 3.12. The van der Waals surface area contributed by atoms with Crippen LogP contribution in [0.3, 0.4) is 0 Å². The summed E-state index contributed by atoms with van der Waals surface area (Å²) in [6.45, 7) is 0.00473. The van der Waals surface area contributed by atoms with Gasteiger partial charge in [-0.15, -0.1) is 0 Å². The monoisotopic (exact) mass is 318 g/mol. The van der Waals surface area contributed by atoms with Crippen LogP contribution in [-0.4, -0.2) is 51.0 Å². The van der Waals surface area contributed by atoms with E-state index in [0.717, 1.165) is 18.5 Å². The minimum absolute atomic E-state index is 0.0205. The number of halogens is 3. The van der Waals surface area contributed by atoms with Crippen LogP contribution in [-0.2, 0) is 0 Å². The van der Waals surface area contributed by atoms with Gasteiger partial charge in [-0.25, -0.2) is 0 Å². The molecule has 1 saturated heterocycles. The fourth-order valence-electron chi connectivity index (χ4n) is 2.70. The van der Waals surface area contributed by atoms with Gasteiger partial charge in [0, 0.05) is 36.5 Å². The summed E-state index contributed by atoms with van der Waals surface area (Å²) in [5.74, 6) is 1.29. The van der Waals surface area contributed by atoms with E-state index in [1.54, 1.807) is 20.3 Å². The number of ether oxygens (including phenoxy) is 2. The number of piperidine rings is 1. The zero-order valence-electron chi connectivity index (χ0n) is 12.7. The Balaban J connectivity index is 2.00.